The van der Waals surface area contributed by atoms with Gasteiger partial charge in [0.05, 0.1) is 0 Å². The van der Waals surface area contributed by atoms with E-state index < -0.39 is 9.51 Å². The van der Waals surface area contributed by atoms with Crippen LogP contribution in [-0.4, -0.2) is 14.6 Å². The van der Waals surface area contributed by atoms with Gasteiger partial charge in [-0.1, -0.05) is 41.0 Å². The average Bonchev–Trinajstić information content (AvgIpc) is 1.99. The molecule has 0 radical (unpaired) electrons. The first-order valence-corrected chi connectivity index (χ1v) is 6.71. The van der Waals surface area contributed by atoms with Gasteiger partial charge < -0.3 is 10.8 Å². The summed E-state index contributed by atoms with van der Waals surface area (Å²) in [5.41, 5.74) is 5.96. The normalized spacial score (nSPS) is 16.9. The Balaban J connectivity index is 4.64. The molecular formula is C12H24INO2. The molecule has 0 aliphatic rings. The molecule has 0 saturated heterocycles. The summed E-state index contributed by atoms with van der Waals surface area (Å²) < 4.78 is -1.16. The molecule has 0 aromatic carbocycles. The van der Waals surface area contributed by atoms with E-state index in [0.29, 0.717) is 6.42 Å². The fourth-order valence-electron chi connectivity index (χ4n) is 2.26. The van der Waals surface area contributed by atoms with Gasteiger partial charge >= 0.3 is 5.97 Å². The minimum atomic E-state index is -1.16. The molecule has 0 aliphatic heterocycles. The lowest BCUT2D eigenvalue weighted by Gasteiger charge is -2.37. The molecule has 96 valence electrons. The van der Waals surface area contributed by atoms with Crippen LogP contribution in [0.5, 0.6) is 0 Å². The van der Waals surface area contributed by atoms with Crippen LogP contribution in [0.3, 0.4) is 0 Å². The zero-order valence-corrected chi connectivity index (χ0v) is 13.1. The predicted molar refractivity (Wildman–Crippen MR) is 75.7 cm³/mol. The van der Waals surface area contributed by atoms with Crippen LogP contribution in [0.25, 0.3) is 0 Å². The van der Waals surface area contributed by atoms with Crippen LogP contribution in [0.15, 0.2) is 0 Å². The predicted octanol–water partition coefficient (Wildman–Crippen LogP) is 3.40. The molecule has 0 aromatic rings. The molecule has 3 nitrogen and oxygen atoms in total. The van der Waals surface area contributed by atoms with Crippen molar-refractivity contribution in [1.82, 2.24) is 0 Å². The highest BCUT2D eigenvalue weighted by molar-refractivity contribution is 14.1. The van der Waals surface area contributed by atoms with Crippen LogP contribution in [0, 0.1) is 10.8 Å². The van der Waals surface area contributed by atoms with Gasteiger partial charge in [-0.3, -0.25) is 0 Å². The fraction of sp³-hybridized carbons (Fsp3) is 0.917. The van der Waals surface area contributed by atoms with Gasteiger partial charge in [0, 0.05) is 0 Å². The second-order valence-corrected chi connectivity index (χ2v) is 8.13. The molecule has 3 N–H and O–H groups in total. The molecule has 0 saturated carbocycles. The number of aliphatic carboxylic acids is 1. The number of alkyl halides is 1. The Hall–Kier alpha value is 0.160. The molecule has 0 rings (SSSR count). The zero-order chi connectivity index (χ0) is 13.2. The van der Waals surface area contributed by atoms with E-state index in [0.717, 1.165) is 12.8 Å². The highest BCUT2D eigenvalue weighted by Gasteiger charge is 2.39. The van der Waals surface area contributed by atoms with Crippen LogP contribution >= 0.6 is 22.6 Å². The van der Waals surface area contributed by atoms with Gasteiger partial charge in [-0.25, -0.2) is 4.79 Å². The number of rotatable bonds is 6. The molecule has 1 atom stereocenters. The van der Waals surface area contributed by atoms with Crippen molar-refractivity contribution in [1.29, 1.82) is 0 Å². The maximum absolute atomic E-state index is 11.0. The number of carboxylic acid groups (broad SMARTS) is 1. The number of halogens is 1. The summed E-state index contributed by atoms with van der Waals surface area (Å²) >= 11 is 1.83. The van der Waals surface area contributed by atoms with E-state index in [1.165, 1.54) is 0 Å². The van der Waals surface area contributed by atoms with E-state index in [9.17, 15) is 4.79 Å². The average molecular weight is 341 g/mol. The van der Waals surface area contributed by atoms with Gasteiger partial charge in [0.15, 0.2) is 3.55 Å². The summed E-state index contributed by atoms with van der Waals surface area (Å²) in [4.78, 5) is 11.0. The van der Waals surface area contributed by atoms with Crippen molar-refractivity contribution in [3.05, 3.63) is 0 Å². The maximum atomic E-state index is 11.0. The summed E-state index contributed by atoms with van der Waals surface area (Å²) in [6, 6.07) is 0. The maximum Gasteiger partial charge on any atom is 0.333 e. The van der Waals surface area contributed by atoms with E-state index in [-0.39, 0.29) is 10.8 Å². The number of hydrogen-bond acceptors (Lipinski definition) is 2. The van der Waals surface area contributed by atoms with Gasteiger partial charge in [-0.15, -0.1) is 0 Å². The highest BCUT2D eigenvalue weighted by atomic mass is 127. The first-order chi connectivity index (χ1) is 6.92. The van der Waals surface area contributed by atoms with Gasteiger partial charge in [0.25, 0.3) is 0 Å². The molecule has 0 bridgehead atoms. The van der Waals surface area contributed by atoms with Crippen LogP contribution in [0.2, 0.25) is 0 Å². The van der Waals surface area contributed by atoms with Gasteiger partial charge in [-0.2, -0.15) is 0 Å². The summed E-state index contributed by atoms with van der Waals surface area (Å²) in [6.07, 6.45) is 2.55. The quantitative estimate of drug-likeness (QED) is 0.442. The van der Waals surface area contributed by atoms with Crippen molar-refractivity contribution in [2.45, 2.75) is 57.4 Å². The Morgan fingerprint density at radius 1 is 1.19 bits per heavy atom. The second-order valence-electron chi connectivity index (χ2n) is 6.20. The monoisotopic (exact) mass is 341 g/mol. The van der Waals surface area contributed by atoms with E-state index >= 15 is 0 Å². The summed E-state index contributed by atoms with van der Waals surface area (Å²) in [6.45, 7) is 10.8. The van der Waals surface area contributed by atoms with Crippen LogP contribution in [0.4, 0.5) is 0 Å². The topological polar surface area (TPSA) is 63.3 Å². The molecule has 4 heteroatoms. The molecule has 0 aromatic heterocycles. The SMILES string of the molecule is CCC(C)(C)CC(C)(C)CC(N)(I)C(=O)O. The minimum Gasteiger partial charge on any atom is -0.479 e. The van der Waals surface area contributed by atoms with E-state index in [4.69, 9.17) is 10.8 Å². The van der Waals surface area contributed by atoms with Gasteiger partial charge in [0.2, 0.25) is 0 Å². The van der Waals surface area contributed by atoms with Crippen molar-refractivity contribution in [3.8, 4) is 0 Å². The third kappa shape index (κ3) is 5.48. The smallest absolute Gasteiger partial charge is 0.333 e. The molecule has 0 amide bonds. The lowest BCUT2D eigenvalue weighted by Crippen LogP contribution is -2.45. The Kier molecular flexibility index (Phi) is 5.26. The number of carboxylic acids is 1. The Morgan fingerprint density at radius 2 is 1.62 bits per heavy atom. The van der Waals surface area contributed by atoms with Crippen molar-refractivity contribution < 1.29 is 9.90 Å². The summed E-state index contributed by atoms with van der Waals surface area (Å²) in [5, 5.41) is 9.03. The van der Waals surface area contributed by atoms with Crippen molar-refractivity contribution in [3.63, 3.8) is 0 Å². The van der Waals surface area contributed by atoms with Crippen LogP contribution in [0.1, 0.15) is 53.9 Å². The fourth-order valence-corrected chi connectivity index (χ4v) is 3.29. The van der Waals surface area contributed by atoms with Crippen molar-refractivity contribution in [2.24, 2.45) is 16.6 Å². The molecular weight excluding hydrogens is 317 g/mol. The lowest BCUT2D eigenvalue weighted by atomic mass is 9.71. The number of nitrogens with two attached hydrogens (primary N) is 1. The first-order valence-electron chi connectivity index (χ1n) is 5.63. The minimum absolute atomic E-state index is 0.0617. The van der Waals surface area contributed by atoms with E-state index in [2.05, 4.69) is 34.6 Å². The highest BCUT2D eigenvalue weighted by Crippen LogP contribution is 2.41. The van der Waals surface area contributed by atoms with Crippen LogP contribution in [-0.2, 0) is 4.79 Å². The van der Waals surface area contributed by atoms with Gasteiger partial charge in [-0.05, 0) is 46.3 Å². The Morgan fingerprint density at radius 3 is 1.94 bits per heavy atom. The number of hydrogen-bond donors (Lipinski definition) is 2. The van der Waals surface area contributed by atoms with Crippen LogP contribution < -0.4 is 5.73 Å². The Bertz CT molecular complexity index is 260. The lowest BCUT2D eigenvalue weighted by molar-refractivity contribution is -0.140. The molecule has 0 spiro atoms. The third-order valence-electron chi connectivity index (χ3n) is 3.01. The standard InChI is InChI=1S/C12H24INO2/c1-6-10(2,3)7-11(4,5)8-12(13,14)9(15)16/h6-8,14H2,1-5H3,(H,15,16). The zero-order valence-electron chi connectivity index (χ0n) is 10.9. The van der Waals surface area contributed by atoms with E-state index in [1.54, 1.807) is 0 Å². The number of carbonyl (C=O) groups is 1. The Labute approximate surface area is 112 Å². The molecule has 1 unspecified atom stereocenters. The van der Waals surface area contributed by atoms with Crippen molar-refractivity contribution in [2.75, 3.05) is 0 Å². The van der Waals surface area contributed by atoms with E-state index in [1.807, 2.05) is 22.6 Å². The molecule has 16 heavy (non-hydrogen) atoms. The molecule has 0 aliphatic carbocycles. The summed E-state index contributed by atoms with van der Waals surface area (Å²) in [5.74, 6) is -0.935. The second kappa shape index (κ2) is 5.21. The molecule has 0 heterocycles. The van der Waals surface area contributed by atoms with Gasteiger partial charge in [0.1, 0.15) is 0 Å². The summed E-state index contributed by atoms with van der Waals surface area (Å²) in [7, 11) is 0. The molecule has 0 fully saturated rings. The largest absolute Gasteiger partial charge is 0.479 e. The van der Waals surface area contributed by atoms with Crippen molar-refractivity contribution >= 4 is 28.6 Å². The first kappa shape index (κ1) is 16.2. The third-order valence-corrected chi connectivity index (χ3v) is 3.85.